The van der Waals surface area contributed by atoms with Gasteiger partial charge in [0.15, 0.2) is 5.92 Å². The third-order valence-corrected chi connectivity index (χ3v) is 5.24. The minimum absolute atomic E-state index is 0.198. The average molecular weight is 408 g/mol. The zero-order valence-electron chi connectivity index (χ0n) is 17.0. The molecule has 8 heteroatoms. The molecule has 2 aromatic heterocycles. The van der Waals surface area contributed by atoms with Crippen LogP contribution in [0.2, 0.25) is 0 Å². The lowest BCUT2D eigenvalue weighted by Gasteiger charge is -2.37. The highest BCUT2D eigenvalue weighted by molar-refractivity contribution is 6.08. The molecule has 0 bridgehead atoms. The van der Waals surface area contributed by atoms with Gasteiger partial charge in [-0.2, -0.15) is 0 Å². The second-order valence-electron chi connectivity index (χ2n) is 7.07. The maximum atomic E-state index is 13.6. The Morgan fingerprint density at radius 1 is 1.20 bits per heavy atom. The monoisotopic (exact) mass is 408 g/mol. The quantitative estimate of drug-likeness (QED) is 0.339. The van der Waals surface area contributed by atoms with E-state index in [0.717, 1.165) is 16.6 Å². The number of nitrogens with zero attached hydrogens (tertiary/aromatic N) is 4. The number of imidazole rings is 1. The Morgan fingerprint density at radius 3 is 2.77 bits per heavy atom. The third-order valence-electron chi connectivity index (χ3n) is 5.24. The van der Waals surface area contributed by atoms with E-state index in [1.807, 2.05) is 34.9 Å². The second kappa shape index (κ2) is 8.62. The van der Waals surface area contributed by atoms with Crippen LogP contribution in [0.15, 0.2) is 48.8 Å². The summed E-state index contributed by atoms with van der Waals surface area (Å²) in [5.74, 6) is -1.37. The third kappa shape index (κ3) is 3.43. The smallest absolute Gasteiger partial charge is 0.321 e. The molecule has 1 aliphatic heterocycles. The van der Waals surface area contributed by atoms with E-state index in [-0.39, 0.29) is 12.5 Å². The first-order valence-corrected chi connectivity index (χ1v) is 10.0. The molecule has 3 heterocycles. The van der Waals surface area contributed by atoms with Gasteiger partial charge >= 0.3 is 5.97 Å². The lowest BCUT2D eigenvalue weighted by molar-refractivity contribution is -0.153. The predicted octanol–water partition coefficient (Wildman–Crippen LogP) is 2.58. The number of aromatic nitrogens is 3. The molecular weight excluding hydrogens is 384 g/mol. The van der Waals surface area contributed by atoms with Crippen molar-refractivity contribution in [2.75, 3.05) is 31.8 Å². The van der Waals surface area contributed by atoms with E-state index in [2.05, 4.69) is 4.98 Å². The maximum Gasteiger partial charge on any atom is 0.321 e. The van der Waals surface area contributed by atoms with Crippen LogP contribution < -0.4 is 4.90 Å². The molecule has 0 saturated heterocycles. The summed E-state index contributed by atoms with van der Waals surface area (Å²) < 4.78 is 12.4. The molecular formula is C22H24N4O4. The van der Waals surface area contributed by atoms with E-state index < -0.39 is 17.9 Å². The Labute approximate surface area is 174 Å². The van der Waals surface area contributed by atoms with Gasteiger partial charge in [0, 0.05) is 32.7 Å². The Kier molecular flexibility index (Phi) is 5.76. The van der Waals surface area contributed by atoms with Gasteiger partial charge in [0.2, 0.25) is 11.9 Å². The van der Waals surface area contributed by atoms with Crippen LogP contribution in [0, 0.1) is 5.92 Å². The van der Waals surface area contributed by atoms with Crippen molar-refractivity contribution in [3.8, 4) is 0 Å². The topological polar surface area (TPSA) is 86.5 Å². The fourth-order valence-electron chi connectivity index (χ4n) is 3.98. The molecule has 0 spiro atoms. The molecule has 1 aromatic carbocycles. The standard InChI is InChI=1S/C22H24N4O4/c1-3-30-21(28)18-19(15-8-6-11-23-14-15)26-17-10-5-4-9-16(17)24-22(26)25(20(18)27)12-7-13-29-2/h4-6,8-11,14,18-19H,3,7,12-13H2,1-2H3/t18-,19+/m0/s1. The van der Waals surface area contributed by atoms with Gasteiger partial charge in [-0.1, -0.05) is 18.2 Å². The van der Waals surface area contributed by atoms with Crippen molar-refractivity contribution < 1.29 is 19.1 Å². The normalized spacial score (nSPS) is 18.5. The number of esters is 1. The van der Waals surface area contributed by atoms with Crippen molar-refractivity contribution >= 4 is 28.9 Å². The van der Waals surface area contributed by atoms with Crippen LogP contribution in [0.4, 0.5) is 5.95 Å². The summed E-state index contributed by atoms with van der Waals surface area (Å²) in [6, 6.07) is 10.7. The zero-order chi connectivity index (χ0) is 21.1. The van der Waals surface area contributed by atoms with Crippen LogP contribution >= 0.6 is 0 Å². The summed E-state index contributed by atoms with van der Waals surface area (Å²) in [6.07, 6.45) is 3.97. The Hall–Kier alpha value is -3.26. The van der Waals surface area contributed by atoms with Crippen molar-refractivity contribution in [1.29, 1.82) is 0 Å². The van der Waals surface area contributed by atoms with Gasteiger partial charge in [0.05, 0.1) is 23.7 Å². The van der Waals surface area contributed by atoms with E-state index in [0.29, 0.717) is 25.5 Å². The van der Waals surface area contributed by atoms with Crippen molar-refractivity contribution in [2.24, 2.45) is 5.92 Å². The minimum atomic E-state index is -1.03. The number of rotatable bonds is 7. The molecule has 30 heavy (non-hydrogen) atoms. The molecule has 2 atom stereocenters. The number of methoxy groups -OCH3 is 1. The van der Waals surface area contributed by atoms with Crippen molar-refractivity contribution in [3.63, 3.8) is 0 Å². The van der Waals surface area contributed by atoms with E-state index in [4.69, 9.17) is 14.5 Å². The van der Waals surface area contributed by atoms with Crippen LogP contribution in [-0.4, -0.2) is 53.3 Å². The van der Waals surface area contributed by atoms with Crippen LogP contribution in [0.5, 0.6) is 0 Å². The summed E-state index contributed by atoms with van der Waals surface area (Å²) in [4.78, 5) is 37.1. The molecule has 0 N–H and O–H groups in total. The Balaban J connectivity index is 1.93. The summed E-state index contributed by atoms with van der Waals surface area (Å²) in [5.41, 5.74) is 2.36. The van der Waals surface area contributed by atoms with E-state index in [9.17, 15) is 9.59 Å². The SMILES string of the molecule is CCOC(=O)[C@@H]1C(=O)N(CCCOC)c2nc3ccccc3n2[C@@H]1c1cccnc1. The first-order valence-electron chi connectivity index (χ1n) is 10.0. The number of para-hydroxylation sites is 2. The largest absolute Gasteiger partial charge is 0.465 e. The molecule has 0 radical (unpaired) electrons. The molecule has 156 valence electrons. The van der Waals surface area contributed by atoms with E-state index in [1.54, 1.807) is 37.4 Å². The number of ether oxygens (including phenoxy) is 2. The average Bonchev–Trinajstić information content (AvgIpc) is 3.14. The van der Waals surface area contributed by atoms with E-state index >= 15 is 0 Å². The number of amides is 1. The van der Waals surface area contributed by atoms with Crippen LogP contribution in [0.3, 0.4) is 0 Å². The molecule has 3 aromatic rings. The van der Waals surface area contributed by atoms with Gasteiger partial charge in [-0.05, 0) is 37.1 Å². The van der Waals surface area contributed by atoms with Gasteiger partial charge in [0.25, 0.3) is 0 Å². The molecule has 0 unspecified atom stereocenters. The molecule has 4 rings (SSSR count). The van der Waals surface area contributed by atoms with Gasteiger partial charge in [0.1, 0.15) is 0 Å². The summed E-state index contributed by atoms with van der Waals surface area (Å²) in [7, 11) is 1.62. The van der Waals surface area contributed by atoms with Crippen LogP contribution in [0.25, 0.3) is 11.0 Å². The number of pyridine rings is 1. The predicted molar refractivity (Wildman–Crippen MR) is 111 cm³/mol. The number of anilines is 1. The molecule has 1 aliphatic rings. The highest BCUT2D eigenvalue weighted by atomic mass is 16.5. The number of hydrogen-bond acceptors (Lipinski definition) is 6. The number of hydrogen-bond donors (Lipinski definition) is 0. The lowest BCUT2D eigenvalue weighted by Crippen LogP contribution is -2.50. The van der Waals surface area contributed by atoms with Gasteiger partial charge in [-0.3, -0.25) is 19.5 Å². The fraction of sp³-hybridized carbons (Fsp3) is 0.364. The number of benzene rings is 1. The lowest BCUT2D eigenvalue weighted by atomic mass is 9.90. The fourth-order valence-corrected chi connectivity index (χ4v) is 3.98. The number of carbonyl (C=O) groups excluding carboxylic acids is 2. The van der Waals surface area contributed by atoms with E-state index in [1.165, 1.54) is 0 Å². The maximum absolute atomic E-state index is 13.6. The summed E-state index contributed by atoms with van der Waals surface area (Å²) >= 11 is 0. The molecule has 0 aliphatic carbocycles. The molecule has 1 amide bonds. The van der Waals surface area contributed by atoms with Crippen molar-refractivity contribution in [3.05, 3.63) is 54.4 Å². The van der Waals surface area contributed by atoms with Crippen LogP contribution in [-0.2, 0) is 19.1 Å². The minimum Gasteiger partial charge on any atom is -0.465 e. The summed E-state index contributed by atoms with van der Waals surface area (Å²) in [6.45, 7) is 2.83. The molecule has 8 nitrogen and oxygen atoms in total. The second-order valence-corrected chi connectivity index (χ2v) is 7.07. The van der Waals surface area contributed by atoms with Gasteiger partial charge in [-0.25, -0.2) is 4.98 Å². The van der Waals surface area contributed by atoms with Crippen LogP contribution in [0.1, 0.15) is 24.9 Å². The van der Waals surface area contributed by atoms with Crippen molar-refractivity contribution in [2.45, 2.75) is 19.4 Å². The first kappa shape index (κ1) is 20.0. The zero-order valence-corrected chi connectivity index (χ0v) is 17.0. The Morgan fingerprint density at radius 2 is 2.03 bits per heavy atom. The van der Waals surface area contributed by atoms with Crippen molar-refractivity contribution in [1.82, 2.24) is 14.5 Å². The first-order chi connectivity index (χ1) is 14.7. The highest BCUT2D eigenvalue weighted by Crippen LogP contribution is 2.41. The van der Waals surface area contributed by atoms with Gasteiger partial charge < -0.3 is 14.0 Å². The molecule has 0 fully saturated rings. The number of carbonyl (C=O) groups is 2. The highest BCUT2D eigenvalue weighted by Gasteiger charge is 2.47. The number of fused-ring (bicyclic) bond motifs is 3. The molecule has 0 saturated carbocycles. The Bertz CT molecular complexity index is 1050. The van der Waals surface area contributed by atoms with Gasteiger partial charge in [-0.15, -0.1) is 0 Å². The summed E-state index contributed by atoms with van der Waals surface area (Å²) in [5, 5.41) is 0.